The molecule has 0 unspecified atom stereocenters. The summed E-state index contributed by atoms with van der Waals surface area (Å²) in [5.41, 5.74) is 5.90. The number of nitrogens with two attached hydrogens (primary N) is 1. The normalized spacial score (nSPS) is 24.8. The molecule has 0 aromatic heterocycles. The molecule has 10 nitrogen and oxygen atoms in total. The first-order chi connectivity index (χ1) is 12.3. The zero-order valence-corrected chi connectivity index (χ0v) is 14.8. The van der Waals surface area contributed by atoms with Crippen molar-refractivity contribution in [2.45, 2.75) is 63.0 Å². The zero-order valence-electron chi connectivity index (χ0n) is 14.8. The third-order valence-corrected chi connectivity index (χ3v) is 4.12. The molecule has 1 heterocycles. The molecule has 1 aliphatic heterocycles. The third kappa shape index (κ3) is 6.45. The molecule has 0 saturated carbocycles. The van der Waals surface area contributed by atoms with E-state index in [0.29, 0.717) is 6.54 Å². The van der Waals surface area contributed by atoms with Gasteiger partial charge in [-0.15, -0.1) is 0 Å². The minimum atomic E-state index is -1.65. The lowest BCUT2D eigenvalue weighted by atomic mass is 9.93. The Morgan fingerprint density at radius 2 is 2.00 bits per heavy atom. The maximum Gasteiger partial charge on any atom is 0.370 e. The fraction of sp³-hybridized carbons (Fsp3) is 0.750. The van der Waals surface area contributed by atoms with Gasteiger partial charge in [-0.25, -0.2) is 9.59 Å². The fourth-order valence-corrected chi connectivity index (χ4v) is 2.62. The Morgan fingerprint density at radius 3 is 2.58 bits per heavy atom. The molecule has 1 rings (SSSR count). The summed E-state index contributed by atoms with van der Waals surface area (Å²) < 4.78 is 5.19. The van der Waals surface area contributed by atoms with Crippen molar-refractivity contribution in [3.8, 4) is 0 Å². The zero-order chi connectivity index (χ0) is 19.7. The molecule has 0 spiro atoms. The van der Waals surface area contributed by atoms with Crippen LogP contribution in [0.2, 0.25) is 0 Å². The summed E-state index contributed by atoms with van der Waals surface area (Å²) in [6.07, 6.45) is 0.486. The second-order valence-corrected chi connectivity index (χ2v) is 6.22. The van der Waals surface area contributed by atoms with E-state index in [1.54, 1.807) is 0 Å². The lowest BCUT2D eigenvalue weighted by molar-refractivity contribution is -0.144. The van der Waals surface area contributed by atoms with Crippen LogP contribution in [0.5, 0.6) is 0 Å². The number of nitrogens with one attached hydrogen (secondary N) is 2. The molecule has 8 N–H and O–H groups in total. The number of carboxylic acid groups (broad SMARTS) is 1. The molecule has 1 aliphatic rings. The minimum absolute atomic E-state index is 0.456. The van der Waals surface area contributed by atoms with Crippen molar-refractivity contribution < 1.29 is 34.8 Å². The van der Waals surface area contributed by atoms with Gasteiger partial charge < -0.3 is 41.5 Å². The number of urea groups is 1. The van der Waals surface area contributed by atoms with Crippen LogP contribution in [0.4, 0.5) is 4.79 Å². The molecular formula is C16H29N3O7. The van der Waals surface area contributed by atoms with Crippen LogP contribution >= 0.6 is 0 Å². The van der Waals surface area contributed by atoms with E-state index in [2.05, 4.69) is 17.6 Å². The highest BCUT2D eigenvalue weighted by Crippen LogP contribution is 2.22. The molecule has 5 atom stereocenters. The summed E-state index contributed by atoms with van der Waals surface area (Å²) in [5.74, 6) is -1.89. The number of aliphatic hydroxyl groups is 3. The monoisotopic (exact) mass is 375 g/mol. The molecule has 0 fully saturated rings. The van der Waals surface area contributed by atoms with Gasteiger partial charge in [0.05, 0.1) is 18.7 Å². The smallest absolute Gasteiger partial charge is 0.370 e. The molecule has 0 aromatic rings. The standard InChI is InChI=1S/C16H29N3O7/c1-2-3-4-5-6-18-16(25)19-12-9(17)7-11(15(23)24)26-14(12)13(22)10(21)8-20/h7,9-10,12-14,20-22H,2-6,8,17H2,1H3,(H,23,24)(H2,18,19,25)/t9-,10+,12+,13+,14+/m0/s1. The number of amides is 2. The van der Waals surface area contributed by atoms with Gasteiger partial charge in [-0.1, -0.05) is 26.2 Å². The molecule has 2 amide bonds. The second kappa shape index (κ2) is 11.0. The summed E-state index contributed by atoms with van der Waals surface area (Å²) in [6, 6.07) is -2.51. The molecule has 0 saturated heterocycles. The molecule has 0 aliphatic carbocycles. The Labute approximate surface area is 152 Å². The number of rotatable bonds is 10. The molecule has 0 aromatic carbocycles. The lowest BCUT2D eigenvalue weighted by Crippen LogP contribution is -2.63. The van der Waals surface area contributed by atoms with Crippen LogP contribution in [0.3, 0.4) is 0 Å². The highest BCUT2D eigenvalue weighted by Gasteiger charge is 2.42. The third-order valence-electron chi connectivity index (χ3n) is 4.12. The molecular weight excluding hydrogens is 346 g/mol. The number of carbonyl (C=O) groups excluding carboxylic acids is 1. The Balaban J connectivity index is 2.76. The van der Waals surface area contributed by atoms with Crippen LogP contribution in [0.15, 0.2) is 11.8 Å². The summed E-state index contributed by atoms with van der Waals surface area (Å²) in [5, 5.41) is 43.0. The van der Waals surface area contributed by atoms with E-state index < -0.39 is 54.8 Å². The number of carboxylic acids is 1. The summed E-state index contributed by atoms with van der Waals surface area (Å²) >= 11 is 0. The largest absolute Gasteiger partial charge is 0.478 e. The quantitative estimate of drug-likeness (QED) is 0.229. The van der Waals surface area contributed by atoms with Crippen LogP contribution < -0.4 is 16.4 Å². The minimum Gasteiger partial charge on any atom is -0.478 e. The number of carbonyl (C=O) groups is 2. The Hall–Kier alpha value is -1.88. The highest BCUT2D eigenvalue weighted by molar-refractivity contribution is 5.84. The summed E-state index contributed by atoms with van der Waals surface area (Å²) in [6.45, 7) is 1.77. The predicted octanol–water partition coefficient (Wildman–Crippen LogP) is -1.36. The summed E-state index contributed by atoms with van der Waals surface area (Å²) in [4.78, 5) is 23.2. The van der Waals surface area contributed by atoms with E-state index >= 15 is 0 Å². The Bertz CT molecular complexity index is 500. The summed E-state index contributed by atoms with van der Waals surface area (Å²) in [7, 11) is 0. The fourth-order valence-electron chi connectivity index (χ4n) is 2.62. The molecule has 10 heteroatoms. The lowest BCUT2D eigenvalue weighted by Gasteiger charge is -2.38. The number of aliphatic carboxylic acids is 1. The number of ether oxygens (including phenoxy) is 1. The van der Waals surface area contributed by atoms with Crippen molar-refractivity contribution >= 4 is 12.0 Å². The van der Waals surface area contributed by atoms with E-state index in [9.17, 15) is 19.8 Å². The average molecular weight is 375 g/mol. The van der Waals surface area contributed by atoms with E-state index in [1.807, 2.05) is 0 Å². The topological polar surface area (TPSA) is 174 Å². The number of unbranched alkanes of at least 4 members (excludes halogenated alkanes) is 3. The second-order valence-electron chi connectivity index (χ2n) is 6.22. The SMILES string of the molecule is CCCCCCNC(=O)N[C@H]1[C@H]([C@H](O)[C@H](O)CO)OC(C(=O)O)=C[C@@H]1N. The van der Waals surface area contributed by atoms with Crippen LogP contribution in [0.1, 0.15) is 32.6 Å². The molecule has 26 heavy (non-hydrogen) atoms. The number of aliphatic hydroxyl groups excluding tert-OH is 3. The first kappa shape index (κ1) is 22.2. The van der Waals surface area contributed by atoms with Gasteiger partial charge in [-0.2, -0.15) is 0 Å². The first-order valence-electron chi connectivity index (χ1n) is 8.70. The van der Waals surface area contributed by atoms with Crippen molar-refractivity contribution in [1.82, 2.24) is 10.6 Å². The van der Waals surface area contributed by atoms with Crippen molar-refractivity contribution in [1.29, 1.82) is 0 Å². The van der Waals surface area contributed by atoms with E-state index in [1.165, 1.54) is 0 Å². The maximum atomic E-state index is 12.0. The van der Waals surface area contributed by atoms with E-state index in [4.69, 9.17) is 20.7 Å². The van der Waals surface area contributed by atoms with Crippen LogP contribution in [-0.4, -0.2) is 76.0 Å². The van der Waals surface area contributed by atoms with Gasteiger partial charge in [0.1, 0.15) is 18.3 Å². The Morgan fingerprint density at radius 1 is 1.31 bits per heavy atom. The Kier molecular flexibility index (Phi) is 9.35. The number of hydrogen-bond acceptors (Lipinski definition) is 7. The van der Waals surface area contributed by atoms with E-state index in [-0.39, 0.29) is 0 Å². The van der Waals surface area contributed by atoms with Crippen molar-refractivity contribution in [3.05, 3.63) is 11.8 Å². The van der Waals surface area contributed by atoms with Crippen LogP contribution in [0, 0.1) is 0 Å². The van der Waals surface area contributed by atoms with Gasteiger partial charge in [0.25, 0.3) is 0 Å². The van der Waals surface area contributed by atoms with Gasteiger partial charge in [0, 0.05) is 6.54 Å². The predicted molar refractivity (Wildman–Crippen MR) is 92.1 cm³/mol. The highest BCUT2D eigenvalue weighted by atomic mass is 16.5. The van der Waals surface area contributed by atoms with Gasteiger partial charge >= 0.3 is 12.0 Å². The van der Waals surface area contributed by atoms with Crippen molar-refractivity contribution in [2.24, 2.45) is 5.73 Å². The van der Waals surface area contributed by atoms with E-state index in [0.717, 1.165) is 31.8 Å². The first-order valence-corrected chi connectivity index (χ1v) is 8.70. The van der Waals surface area contributed by atoms with Crippen molar-refractivity contribution in [2.75, 3.05) is 13.2 Å². The molecule has 150 valence electrons. The van der Waals surface area contributed by atoms with Crippen LogP contribution in [0.25, 0.3) is 0 Å². The van der Waals surface area contributed by atoms with Gasteiger partial charge in [0.15, 0.2) is 0 Å². The molecule has 0 radical (unpaired) electrons. The maximum absolute atomic E-state index is 12.0. The van der Waals surface area contributed by atoms with Gasteiger partial charge in [0.2, 0.25) is 5.76 Å². The number of hydrogen-bond donors (Lipinski definition) is 7. The van der Waals surface area contributed by atoms with Crippen molar-refractivity contribution in [3.63, 3.8) is 0 Å². The average Bonchev–Trinajstić information content (AvgIpc) is 2.61. The molecule has 0 bridgehead atoms. The van der Waals surface area contributed by atoms with Gasteiger partial charge in [-0.3, -0.25) is 0 Å². The van der Waals surface area contributed by atoms with Gasteiger partial charge in [-0.05, 0) is 12.5 Å². The van der Waals surface area contributed by atoms with Crippen LogP contribution in [-0.2, 0) is 9.53 Å².